The van der Waals surface area contributed by atoms with Gasteiger partial charge in [0.1, 0.15) is 5.75 Å². The summed E-state index contributed by atoms with van der Waals surface area (Å²) in [5.41, 5.74) is 3.96. The second-order valence-electron chi connectivity index (χ2n) is 6.15. The van der Waals surface area contributed by atoms with Crippen LogP contribution < -0.4 is 11.1 Å². The van der Waals surface area contributed by atoms with Crippen molar-refractivity contribution in [1.82, 2.24) is 10.4 Å². The molecule has 0 unspecified atom stereocenters. The number of aromatic nitrogens is 1. The van der Waals surface area contributed by atoms with Crippen LogP contribution in [-0.4, -0.2) is 28.0 Å². The third kappa shape index (κ3) is 4.15. The summed E-state index contributed by atoms with van der Waals surface area (Å²) < 4.78 is 7.08. The molecule has 0 atom stereocenters. The maximum Gasteiger partial charge on any atom is 0.336 e. The van der Waals surface area contributed by atoms with Crippen molar-refractivity contribution in [3.05, 3.63) is 64.0 Å². The molecule has 0 saturated heterocycles. The van der Waals surface area contributed by atoms with Gasteiger partial charge in [0.2, 0.25) is 0 Å². The molecule has 9 heteroatoms. The Kier molecular flexibility index (Phi) is 5.32. The van der Waals surface area contributed by atoms with E-state index in [1.807, 2.05) is 24.3 Å². The van der Waals surface area contributed by atoms with Gasteiger partial charge in [0, 0.05) is 11.5 Å². The SMILES string of the molecule is Cc1cc(=O)oc2c(/C=N\NC(=O)CSc3nc4ccccc4s3)c(O)ccc12. The van der Waals surface area contributed by atoms with E-state index in [1.165, 1.54) is 41.4 Å². The number of para-hydroxylation sites is 1. The van der Waals surface area contributed by atoms with E-state index in [-0.39, 0.29) is 28.6 Å². The van der Waals surface area contributed by atoms with E-state index in [2.05, 4.69) is 15.5 Å². The first-order valence-corrected chi connectivity index (χ1v) is 10.4. The van der Waals surface area contributed by atoms with Crippen LogP contribution in [0.25, 0.3) is 21.2 Å². The van der Waals surface area contributed by atoms with Crippen molar-refractivity contribution in [3.63, 3.8) is 0 Å². The minimum absolute atomic E-state index is 0.104. The monoisotopic (exact) mass is 425 g/mol. The molecule has 1 amide bonds. The molecule has 2 aromatic carbocycles. The molecule has 2 N–H and O–H groups in total. The largest absolute Gasteiger partial charge is 0.507 e. The van der Waals surface area contributed by atoms with Crippen molar-refractivity contribution in [2.75, 3.05) is 5.75 Å². The Morgan fingerprint density at radius 2 is 2.17 bits per heavy atom. The summed E-state index contributed by atoms with van der Waals surface area (Å²) in [6.07, 6.45) is 1.26. The van der Waals surface area contributed by atoms with Crippen molar-refractivity contribution in [1.29, 1.82) is 0 Å². The molecule has 0 saturated carbocycles. The fourth-order valence-corrected chi connectivity index (χ4v) is 4.62. The lowest BCUT2D eigenvalue weighted by molar-refractivity contribution is -0.118. The lowest BCUT2D eigenvalue weighted by Gasteiger charge is -2.05. The van der Waals surface area contributed by atoms with Gasteiger partial charge in [-0.3, -0.25) is 4.79 Å². The Morgan fingerprint density at radius 1 is 1.34 bits per heavy atom. The molecule has 0 aliphatic heterocycles. The van der Waals surface area contributed by atoms with Crippen LogP contribution in [-0.2, 0) is 4.79 Å². The zero-order valence-corrected chi connectivity index (χ0v) is 16.8. The van der Waals surface area contributed by atoms with Crippen LogP contribution in [0, 0.1) is 6.92 Å². The number of nitrogens with zero attached hydrogens (tertiary/aromatic N) is 2. The average molecular weight is 425 g/mol. The zero-order chi connectivity index (χ0) is 20.4. The van der Waals surface area contributed by atoms with Gasteiger partial charge in [-0.15, -0.1) is 11.3 Å². The second-order valence-corrected chi connectivity index (χ2v) is 8.41. The fourth-order valence-electron chi connectivity index (χ4n) is 2.76. The quantitative estimate of drug-likeness (QED) is 0.219. The maximum atomic E-state index is 12.1. The summed E-state index contributed by atoms with van der Waals surface area (Å²) >= 11 is 2.85. The first kappa shape index (κ1) is 19.2. The highest BCUT2D eigenvalue weighted by Crippen LogP contribution is 2.29. The number of carbonyl (C=O) groups is 1. The number of aryl methyl sites for hydroxylation is 1. The number of fused-ring (bicyclic) bond motifs is 2. The number of thioether (sulfide) groups is 1. The molecule has 0 radical (unpaired) electrons. The predicted octanol–water partition coefficient (Wildman–Crippen LogP) is 3.66. The summed E-state index contributed by atoms with van der Waals surface area (Å²) in [6, 6.07) is 12.3. The number of phenolic OH excluding ortho intramolecular Hbond substituents is 1. The number of hydrogen-bond acceptors (Lipinski definition) is 8. The van der Waals surface area contributed by atoms with E-state index >= 15 is 0 Å². The zero-order valence-electron chi connectivity index (χ0n) is 15.2. The van der Waals surface area contributed by atoms with Crippen LogP contribution in [0.2, 0.25) is 0 Å². The Balaban J connectivity index is 1.45. The van der Waals surface area contributed by atoms with Gasteiger partial charge in [0.05, 0.1) is 27.7 Å². The van der Waals surface area contributed by atoms with Crippen molar-refractivity contribution < 1.29 is 14.3 Å². The second kappa shape index (κ2) is 8.06. The Morgan fingerprint density at radius 3 is 3.00 bits per heavy atom. The van der Waals surface area contributed by atoms with Crippen LogP contribution in [0.4, 0.5) is 0 Å². The Labute approximate surface area is 173 Å². The number of benzene rings is 2. The molecule has 2 aromatic heterocycles. The molecule has 0 aliphatic carbocycles. The van der Waals surface area contributed by atoms with Crippen molar-refractivity contribution in [3.8, 4) is 5.75 Å². The maximum absolute atomic E-state index is 12.1. The van der Waals surface area contributed by atoms with Gasteiger partial charge in [-0.2, -0.15) is 5.10 Å². The van der Waals surface area contributed by atoms with Gasteiger partial charge in [-0.05, 0) is 36.8 Å². The summed E-state index contributed by atoms with van der Waals surface area (Å²) in [4.78, 5) is 28.2. The summed E-state index contributed by atoms with van der Waals surface area (Å²) in [5, 5.41) is 14.7. The van der Waals surface area contributed by atoms with Gasteiger partial charge in [-0.25, -0.2) is 15.2 Å². The highest BCUT2D eigenvalue weighted by molar-refractivity contribution is 8.01. The lowest BCUT2D eigenvalue weighted by atomic mass is 10.1. The van der Waals surface area contributed by atoms with E-state index in [0.29, 0.717) is 5.39 Å². The minimum Gasteiger partial charge on any atom is -0.507 e. The first-order valence-electron chi connectivity index (χ1n) is 8.58. The van der Waals surface area contributed by atoms with Crippen LogP contribution in [0.15, 0.2) is 61.1 Å². The number of thiazole rings is 1. The fraction of sp³-hybridized carbons (Fsp3) is 0.100. The first-order chi connectivity index (χ1) is 14.0. The van der Waals surface area contributed by atoms with Crippen LogP contribution in [0.3, 0.4) is 0 Å². The topological polar surface area (TPSA) is 105 Å². The van der Waals surface area contributed by atoms with Crippen molar-refractivity contribution in [2.45, 2.75) is 11.3 Å². The molecule has 0 aliphatic rings. The smallest absolute Gasteiger partial charge is 0.336 e. The molecule has 29 heavy (non-hydrogen) atoms. The number of phenols is 1. The summed E-state index contributed by atoms with van der Waals surface area (Å²) in [5.74, 6) is -0.275. The van der Waals surface area contributed by atoms with Crippen LogP contribution in [0.1, 0.15) is 11.1 Å². The molecular weight excluding hydrogens is 410 g/mol. The van der Waals surface area contributed by atoms with Gasteiger partial charge in [0.15, 0.2) is 9.92 Å². The van der Waals surface area contributed by atoms with E-state index < -0.39 is 5.63 Å². The molecule has 146 valence electrons. The van der Waals surface area contributed by atoms with Gasteiger partial charge in [-0.1, -0.05) is 23.9 Å². The van der Waals surface area contributed by atoms with Crippen LogP contribution >= 0.6 is 23.1 Å². The highest BCUT2D eigenvalue weighted by Gasteiger charge is 2.11. The molecule has 0 spiro atoms. The van der Waals surface area contributed by atoms with E-state index in [4.69, 9.17) is 4.42 Å². The number of hydrogen-bond donors (Lipinski definition) is 2. The summed E-state index contributed by atoms with van der Waals surface area (Å²) in [6.45, 7) is 1.78. The Bertz CT molecular complexity index is 1280. The number of hydrazone groups is 1. The number of rotatable bonds is 5. The minimum atomic E-state index is -0.522. The normalized spacial score (nSPS) is 11.5. The summed E-state index contributed by atoms with van der Waals surface area (Å²) in [7, 11) is 0. The van der Waals surface area contributed by atoms with Gasteiger partial charge < -0.3 is 9.52 Å². The van der Waals surface area contributed by atoms with Gasteiger partial charge in [0.25, 0.3) is 5.91 Å². The van der Waals surface area contributed by atoms with Crippen LogP contribution in [0.5, 0.6) is 5.75 Å². The van der Waals surface area contributed by atoms with E-state index in [9.17, 15) is 14.7 Å². The molecule has 4 aromatic rings. The number of amides is 1. The molecule has 7 nitrogen and oxygen atoms in total. The lowest BCUT2D eigenvalue weighted by Crippen LogP contribution is -2.19. The standard InChI is InChI=1S/C20H15N3O4S2/c1-11-8-18(26)27-19-12(11)6-7-15(24)13(19)9-21-23-17(25)10-28-20-22-14-4-2-3-5-16(14)29-20/h2-9,24H,10H2,1H3,(H,23,25)/b21-9-. The molecular formula is C20H15N3O4S2. The van der Waals surface area contributed by atoms with Crippen molar-refractivity contribution in [2.24, 2.45) is 5.10 Å². The van der Waals surface area contributed by atoms with E-state index in [0.717, 1.165) is 20.1 Å². The Hall–Kier alpha value is -3.17. The number of aromatic hydroxyl groups is 1. The molecule has 0 bridgehead atoms. The number of carbonyl (C=O) groups excluding carboxylic acids is 1. The third-order valence-corrected chi connectivity index (χ3v) is 6.30. The third-order valence-electron chi connectivity index (χ3n) is 4.12. The van der Waals surface area contributed by atoms with Gasteiger partial charge >= 0.3 is 5.63 Å². The molecule has 0 fully saturated rings. The highest BCUT2D eigenvalue weighted by atomic mass is 32.2. The molecule has 2 heterocycles. The molecule has 4 rings (SSSR count). The van der Waals surface area contributed by atoms with E-state index in [1.54, 1.807) is 13.0 Å². The average Bonchev–Trinajstić information content (AvgIpc) is 3.11. The number of nitrogens with one attached hydrogen (secondary N) is 1. The predicted molar refractivity (Wildman–Crippen MR) is 115 cm³/mol. The van der Waals surface area contributed by atoms with Crippen molar-refractivity contribution >= 4 is 56.4 Å².